The van der Waals surface area contributed by atoms with E-state index in [0.717, 1.165) is 5.56 Å². The Bertz CT molecular complexity index is 599. The minimum Gasteiger partial charge on any atom is -0.461 e. The molecule has 0 spiro atoms. The van der Waals surface area contributed by atoms with Crippen LogP contribution in [0.5, 0.6) is 6.01 Å². The molecule has 100 valence electrons. The van der Waals surface area contributed by atoms with E-state index < -0.39 is 0 Å². The lowest BCUT2D eigenvalue weighted by Crippen LogP contribution is -2.09. The molecule has 0 unspecified atom stereocenters. The third kappa shape index (κ3) is 3.41. The zero-order chi connectivity index (χ0) is 14.0. The van der Waals surface area contributed by atoms with Crippen LogP contribution in [0.3, 0.4) is 0 Å². The Balaban J connectivity index is 2.43. The number of hydrogen-bond acceptors (Lipinski definition) is 4. The van der Waals surface area contributed by atoms with Gasteiger partial charge in [0, 0.05) is 5.56 Å². The van der Waals surface area contributed by atoms with Crippen molar-refractivity contribution in [3.63, 3.8) is 0 Å². The monoisotopic (exact) mass is 277 g/mol. The van der Waals surface area contributed by atoms with Gasteiger partial charge in [-0.1, -0.05) is 12.1 Å². The molecular formula is C14H16ClN3O. The number of rotatable bonds is 3. The average molecular weight is 278 g/mol. The van der Waals surface area contributed by atoms with Crippen LogP contribution < -0.4 is 4.74 Å². The Morgan fingerprint density at radius 2 is 1.79 bits per heavy atom. The Labute approximate surface area is 117 Å². The smallest absolute Gasteiger partial charge is 0.321 e. The summed E-state index contributed by atoms with van der Waals surface area (Å²) in [7, 11) is 0. The number of nitrogens with zero attached hydrogens (tertiary/aromatic N) is 3. The van der Waals surface area contributed by atoms with Gasteiger partial charge in [0.05, 0.1) is 6.10 Å². The zero-order valence-corrected chi connectivity index (χ0v) is 12.2. The van der Waals surface area contributed by atoms with E-state index in [1.54, 1.807) is 0 Å². The summed E-state index contributed by atoms with van der Waals surface area (Å²) >= 11 is 5.91. The van der Waals surface area contributed by atoms with Crippen molar-refractivity contribution in [2.24, 2.45) is 0 Å². The average Bonchev–Trinajstić information content (AvgIpc) is 2.31. The SMILES string of the molecule is Cc1ccc(-c2nc(Cl)nc(OC(C)C)n2)cc1C. The summed E-state index contributed by atoms with van der Waals surface area (Å²) in [6.45, 7) is 7.93. The van der Waals surface area contributed by atoms with Crippen LogP contribution in [0.25, 0.3) is 11.4 Å². The molecule has 0 saturated carbocycles. The maximum Gasteiger partial charge on any atom is 0.321 e. The fraction of sp³-hybridized carbons (Fsp3) is 0.357. The number of hydrogen-bond donors (Lipinski definition) is 0. The first-order valence-electron chi connectivity index (χ1n) is 6.11. The largest absolute Gasteiger partial charge is 0.461 e. The van der Waals surface area contributed by atoms with Crippen LogP contribution in [0.1, 0.15) is 25.0 Å². The van der Waals surface area contributed by atoms with Crippen LogP contribution in [-0.4, -0.2) is 21.1 Å². The first-order chi connectivity index (χ1) is 8.95. The van der Waals surface area contributed by atoms with Gasteiger partial charge >= 0.3 is 6.01 Å². The van der Waals surface area contributed by atoms with E-state index in [9.17, 15) is 0 Å². The molecule has 0 aliphatic rings. The summed E-state index contributed by atoms with van der Waals surface area (Å²) in [6.07, 6.45) is -0.00827. The lowest BCUT2D eigenvalue weighted by molar-refractivity contribution is 0.222. The van der Waals surface area contributed by atoms with Crippen LogP contribution >= 0.6 is 11.6 Å². The highest BCUT2D eigenvalue weighted by Gasteiger charge is 2.10. The van der Waals surface area contributed by atoms with Gasteiger partial charge in [-0.15, -0.1) is 0 Å². The van der Waals surface area contributed by atoms with Gasteiger partial charge in [0.15, 0.2) is 5.82 Å². The molecule has 0 aliphatic heterocycles. The molecule has 1 aromatic carbocycles. The fourth-order valence-electron chi connectivity index (χ4n) is 1.61. The molecule has 0 aliphatic carbocycles. The standard InChI is InChI=1S/C14H16ClN3O/c1-8(2)19-14-17-12(16-13(15)18-14)11-6-5-9(3)10(4)7-11/h5-8H,1-4H3. The first-order valence-corrected chi connectivity index (χ1v) is 6.49. The lowest BCUT2D eigenvalue weighted by Gasteiger charge is -2.09. The van der Waals surface area contributed by atoms with Gasteiger partial charge in [0.25, 0.3) is 0 Å². The summed E-state index contributed by atoms with van der Waals surface area (Å²) < 4.78 is 5.46. The van der Waals surface area contributed by atoms with Crippen LogP contribution in [0, 0.1) is 13.8 Å². The van der Waals surface area contributed by atoms with Crippen molar-refractivity contribution in [3.8, 4) is 17.4 Å². The van der Waals surface area contributed by atoms with E-state index in [1.165, 1.54) is 11.1 Å². The number of aromatic nitrogens is 3. The summed E-state index contributed by atoms with van der Waals surface area (Å²) in [5.41, 5.74) is 3.31. The molecule has 0 atom stereocenters. The third-order valence-electron chi connectivity index (χ3n) is 2.69. The predicted octanol–water partition coefficient (Wildman–Crippen LogP) is 3.60. The van der Waals surface area contributed by atoms with E-state index in [4.69, 9.17) is 16.3 Å². The molecular weight excluding hydrogens is 262 g/mol. The Morgan fingerprint density at radius 3 is 2.42 bits per heavy atom. The molecule has 0 radical (unpaired) electrons. The van der Waals surface area contributed by atoms with Crippen molar-refractivity contribution in [2.75, 3.05) is 0 Å². The van der Waals surface area contributed by atoms with Crippen molar-refractivity contribution in [3.05, 3.63) is 34.6 Å². The Kier molecular flexibility index (Phi) is 4.00. The zero-order valence-electron chi connectivity index (χ0n) is 11.4. The second-order valence-corrected chi connectivity index (χ2v) is 5.01. The Hall–Kier alpha value is -1.68. The molecule has 5 heteroatoms. The number of ether oxygens (including phenoxy) is 1. The highest BCUT2D eigenvalue weighted by atomic mass is 35.5. The van der Waals surface area contributed by atoms with Gasteiger partial charge in [-0.25, -0.2) is 0 Å². The molecule has 4 nitrogen and oxygen atoms in total. The second kappa shape index (κ2) is 5.53. The number of benzene rings is 1. The minimum absolute atomic E-state index is 0.00827. The van der Waals surface area contributed by atoms with Crippen molar-refractivity contribution in [1.82, 2.24) is 15.0 Å². The van der Waals surface area contributed by atoms with Crippen LogP contribution in [0.4, 0.5) is 0 Å². The second-order valence-electron chi connectivity index (χ2n) is 4.68. The molecule has 1 heterocycles. The maximum absolute atomic E-state index is 5.91. The molecule has 0 amide bonds. The number of halogens is 1. The van der Waals surface area contributed by atoms with Gasteiger partial charge in [-0.2, -0.15) is 15.0 Å². The van der Waals surface area contributed by atoms with Crippen molar-refractivity contribution in [2.45, 2.75) is 33.8 Å². The van der Waals surface area contributed by atoms with Crippen molar-refractivity contribution >= 4 is 11.6 Å². The van der Waals surface area contributed by atoms with E-state index >= 15 is 0 Å². The Morgan fingerprint density at radius 1 is 1.05 bits per heavy atom. The van der Waals surface area contributed by atoms with Crippen LogP contribution in [0.2, 0.25) is 5.28 Å². The van der Waals surface area contributed by atoms with Gasteiger partial charge in [0.1, 0.15) is 0 Å². The van der Waals surface area contributed by atoms with E-state index in [0.29, 0.717) is 5.82 Å². The summed E-state index contributed by atoms with van der Waals surface area (Å²) in [6, 6.07) is 6.28. The lowest BCUT2D eigenvalue weighted by atomic mass is 10.1. The molecule has 2 rings (SSSR count). The molecule has 0 bridgehead atoms. The first kappa shape index (κ1) is 13.7. The molecule has 0 fully saturated rings. The quantitative estimate of drug-likeness (QED) is 0.860. The normalized spacial score (nSPS) is 10.8. The van der Waals surface area contributed by atoms with Crippen molar-refractivity contribution < 1.29 is 4.74 Å². The van der Waals surface area contributed by atoms with Gasteiger partial charge in [0.2, 0.25) is 5.28 Å². The summed E-state index contributed by atoms with van der Waals surface area (Å²) in [4.78, 5) is 12.4. The predicted molar refractivity (Wildman–Crippen MR) is 75.5 cm³/mol. The fourth-order valence-corrected chi connectivity index (χ4v) is 1.76. The summed E-state index contributed by atoms with van der Waals surface area (Å²) in [5, 5.41) is 0.138. The van der Waals surface area contributed by atoms with Gasteiger partial charge in [-0.3, -0.25) is 0 Å². The van der Waals surface area contributed by atoms with Crippen molar-refractivity contribution in [1.29, 1.82) is 0 Å². The molecule has 0 saturated heterocycles. The molecule has 2 aromatic rings. The molecule has 19 heavy (non-hydrogen) atoms. The van der Waals surface area contributed by atoms with Gasteiger partial charge < -0.3 is 4.74 Å². The third-order valence-corrected chi connectivity index (χ3v) is 2.86. The summed E-state index contributed by atoms with van der Waals surface area (Å²) in [5.74, 6) is 0.527. The van der Waals surface area contributed by atoms with Crippen LogP contribution in [-0.2, 0) is 0 Å². The van der Waals surface area contributed by atoms with E-state index in [1.807, 2.05) is 39.0 Å². The van der Waals surface area contributed by atoms with Crippen LogP contribution in [0.15, 0.2) is 18.2 Å². The number of aryl methyl sites for hydroxylation is 2. The topological polar surface area (TPSA) is 47.9 Å². The molecule has 1 aromatic heterocycles. The minimum atomic E-state index is -0.00827. The van der Waals surface area contributed by atoms with Gasteiger partial charge in [-0.05, 0) is 56.5 Å². The maximum atomic E-state index is 5.91. The van der Waals surface area contributed by atoms with E-state index in [-0.39, 0.29) is 17.4 Å². The highest BCUT2D eigenvalue weighted by molar-refractivity contribution is 6.28. The van der Waals surface area contributed by atoms with E-state index in [2.05, 4.69) is 21.9 Å². The molecule has 0 N–H and O–H groups in total. The highest BCUT2D eigenvalue weighted by Crippen LogP contribution is 2.21.